The van der Waals surface area contributed by atoms with E-state index in [9.17, 15) is 72.9 Å². The van der Waals surface area contributed by atoms with Crippen LogP contribution in [0.5, 0.6) is 5.75 Å². The number of thioether (sulfide) groups is 1. The van der Waals surface area contributed by atoms with Crippen molar-refractivity contribution in [2.45, 2.75) is 131 Å². The highest BCUT2D eigenvalue weighted by Crippen LogP contribution is 2.37. The zero-order chi connectivity index (χ0) is 62.7. The normalized spacial score (nSPS) is 27.8. The van der Waals surface area contributed by atoms with Crippen LogP contribution >= 0.6 is 11.8 Å². The molecule has 2 bridgehead atoms. The quantitative estimate of drug-likeness (QED) is 0.0556. The first-order valence-corrected chi connectivity index (χ1v) is 31.0. The van der Waals surface area contributed by atoms with Crippen LogP contribution in [0.15, 0.2) is 29.3 Å². The SMILES string of the molecule is CC[C@H](C)[C@@H]1NC(=O)CNC(=O)[C@@H]2Cc3c([nH]c4c(CSCCNC(=O)C5CCC(CN6C(=O)C=CC6=O)CC5)c(OC)ccc34)S(=O)C[C@H](NC(=O)CNC1=O)C(=O)N[C@@H](CC(N)=O)C(=O)N1C[C@H](O)C[C@H]1C(=O)N[C@@H]([C@@H](C)[C@@H](O)CO)C(=O)N2. The van der Waals surface area contributed by atoms with Crippen LogP contribution in [0, 0.1) is 23.7 Å². The molecule has 11 atom stereocenters. The molecule has 29 nitrogen and oxygen atoms in total. The van der Waals surface area contributed by atoms with Gasteiger partial charge < -0.3 is 78.2 Å². The second-order valence-electron chi connectivity index (χ2n) is 22.3. The molecule has 2 aromatic rings. The third kappa shape index (κ3) is 16.1. The summed E-state index contributed by atoms with van der Waals surface area (Å²) < 4.78 is 21.1. The van der Waals surface area contributed by atoms with E-state index in [-0.39, 0.29) is 52.4 Å². The van der Waals surface area contributed by atoms with Gasteiger partial charge in [-0.15, -0.1) is 0 Å². The molecule has 5 aliphatic rings. The molecule has 14 N–H and O–H groups in total. The summed E-state index contributed by atoms with van der Waals surface area (Å²) in [5, 5.41) is 52.5. The van der Waals surface area contributed by atoms with E-state index in [2.05, 4.69) is 47.5 Å². The summed E-state index contributed by atoms with van der Waals surface area (Å²) in [4.78, 5) is 170. The van der Waals surface area contributed by atoms with Crippen molar-refractivity contribution in [2.75, 3.05) is 57.9 Å². The number of hydrogen-bond donors (Lipinski definition) is 13. The topological polar surface area (TPSA) is 436 Å². The molecule has 5 heterocycles. The van der Waals surface area contributed by atoms with Crippen LogP contribution in [0.4, 0.5) is 0 Å². The fourth-order valence-electron chi connectivity index (χ4n) is 11.2. The Bertz CT molecular complexity index is 3010. The van der Waals surface area contributed by atoms with Crippen LogP contribution in [0.25, 0.3) is 10.9 Å². The van der Waals surface area contributed by atoms with Crippen molar-refractivity contribution < 1.29 is 81.8 Å². The molecule has 0 spiro atoms. The predicted molar refractivity (Wildman–Crippen MR) is 308 cm³/mol. The smallest absolute Gasteiger partial charge is 0.253 e. The number of hydrogen-bond acceptors (Lipinski definition) is 18. The molecule has 12 amide bonds. The van der Waals surface area contributed by atoms with E-state index in [1.165, 1.54) is 42.8 Å². The minimum absolute atomic E-state index is 0.0758. The molecular formula is C55H76N12O17S2. The number of methoxy groups -OCH3 is 1. The number of amides is 12. The maximum Gasteiger partial charge on any atom is 0.253 e. The largest absolute Gasteiger partial charge is 0.496 e. The maximum absolute atomic E-state index is 15.3. The lowest BCUT2D eigenvalue weighted by atomic mass is 9.81. The molecule has 2 fully saturated rings. The summed E-state index contributed by atoms with van der Waals surface area (Å²) in [5.41, 5.74) is 6.47. The van der Waals surface area contributed by atoms with Crippen LogP contribution in [-0.4, -0.2) is 212 Å². The molecule has 1 aromatic heterocycles. The van der Waals surface area contributed by atoms with Crippen molar-refractivity contribution in [3.05, 3.63) is 35.4 Å². The molecular weight excluding hydrogens is 1160 g/mol. The van der Waals surface area contributed by atoms with E-state index in [1.54, 1.807) is 26.0 Å². The van der Waals surface area contributed by atoms with Gasteiger partial charge in [0.15, 0.2) is 0 Å². The number of rotatable bonds is 16. The Morgan fingerprint density at radius 3 is 2.17 bits per heavy atom. The van der Waals surface area contributed by atoms with Crippen molar-refractivity contribution >= 4 is 104 Å². The molecule has 470 valence electrons. The highest BCUT2D eigenvalue weighted by Gasteiger charge is 2.45. The molecule has 86 heavy (non-hydrogen) atoms. The van der Waals surface area contributed by atoms with E-state index >= 15 is 4.21 Å². The lowest BCUT2D eigenvalue weighted by Crippen LogP contribution is -2.62. The lowest BCUT2D eigenvalue weighted by molar-refractivity contribution is -0.144. The number of aromatic nitrogens is 1. The lowest BCUT2D eigenvalue weighted by Gasteiger charge is -2.32. The van der Waals surface area contributed by atoms with Crippen molar-refractivity contribution in [3.8, 4) is 5.75 Å². The number of aliphatic hydroxyl groups is 3. The monoisotopic (exact) mass is 1240 g/mol. The van der Waals surface area contributed by atoms with Crippen LogP contribution in [0.2, 0.25) is 0 Å². The third-order valence-corrected chi connectivity index (χ3v) is 18.8. The summed E-state index contributed by atoms with van der Waals surface area (Å²) >= 11 is 1.39. The number of nitrogens with one attached hydrogen (secondary N) is 9. The Hall–Kier alpha value is -7.48. The van der Waals surface area contributed by atoms with Crippen LogP contribution < -0.4 is 53.0 Å². The minimum Gasteiger partial charge on any atom is -0.496 e. The van der Waals surface area contributed by atoms with Gasteiger partial charge in [0.2, 0.25) is 59.1 Å². The first kappa shape index (κ1) is 66.1. The first-order chi connectivity index (χ1) is 40.9. The van der Waals surface area contributed by atoms with E-state index in [0.717, 1.165) is 4.90 Å². The van der Waals surface area contributed by atoms with E-state index in [1.807, 2.05) is 0 Å². The van der Waals surface area contributed by atoms with E-state index in [4.69, 9.17) is 10.5 Å². The van der Waals surface area contributed by atoms with Gasteiger partial charge in [-0.1, -0.05) is 27.2 Å². The number of aliphatic hydroxyl groups excluding tert-OH is 3. The van der Waals surface area contributed by atoms with Gasteiger partial charge >= 0.3 is 0 Å². The Morgan fingerprint density at radius 1 is 0.849 bits per heavy atom. The number of nitrogens with two attached hydrogens (primary N) is 1. The number of fused-ring (bicyclic) bond motifs is 5. The molecule has 1 unspecified atom stereocenters. The van der Waals surface area contributed by atoms with Gasteiger partial charge in [0.25, 0.3) is 11.8 Å². The average molecular weight is 1240 g/mol. The van der Waals surface area contributed by atoms with Crippen molar-refractivity contribution in [2.24, 2.45) is 29.4 Å². The Kier molecular flexibility index (Phi) is 22.8. The number of carbonyl (C=O) groups excluding carboxylic acids is 12. The minimum atomic E-state index is -2.46. The van der Waals surface area contributed by atoms with Crippen molar-refractivity contribution in [3.63, 3.8) is 0 Å². The van der Waals surface area contributed by atoms with Gasteiger partial charge in [-0.25, -0.2) is 0 Å². The fraction of sp³-hybridized carbons (Fsp3) is 0.600. The summed E-state index contributed by atoms with van der Waals surface area (Å²) in [6, 6.07) is -7.04. The van der Waals surface area contributed by atoms with Crippen LogP contribution in [-0.2, 0) is 80.5 Å². The molecule has 1 aliphatic carbocycles. The Morgan fingerprint density at radius 2 is 1.52 bits per heavy atom. The van der Waals surface area contributed by atoms with Gasteiger partial charge in [-0.2, -0.15) is 11.8 Å². The number of aromatic amines is 1. The molecule has 31 heteroatoms. The van der Waals surface area contributed by atoms with Gasteiger partial charge in [0.1, 0.15) is 47.0 Å². The van der Waals surface area contributed by atoms with Gasteiger partial charge in [0, 0.05) is 78.9 Å². The highest BCUT2D eigenvalue weighted by atomic mass is 32.2. The molecule has 0 radical (unpaired) electrons. The number of primary amides is 1. The predicted octanol–water partition coefficient (Wildman–Crippen LogP) is -4.54. The molecule has 1 saturated carbocycles. The molecule has 1 saturated heterocycles. The summed E-state index contributed by atoms with van der Waals surface area (Å²) in [6.07, 6.45) is 0.350. The van der Waals surface area contributed by atoms with Gasteiger partial charge in [-0.05, 0) is 55.2 Å². The number of ether oxygens (including phenoxy) is 1. The Labute approximate surface area is 501 Å². The molecule has 1 aromatic carbocycles. The van der Waals surface area contributed by atoms with E-state index in [0.29, 0.717) is 66.6 Å². The zero-order valence-electron chi connectivity index (χ0n) is 48.1. The highest BCUT2D eigenvalue weighted by molar-refractivity contribution is 7.98. The van der Waals surface area contributed by atoms with E-state index < -0.39 is 176 Å². The van der Waals surface area contributed by atoms with Crippen molar-refractivity contribution in [1.29, 1.82) is 0 Å². The average Bonchev–Trinajstić information content (AvgIpc) is 1.71. The number of nitrogens with zero attached hydrogens (tertiary/aromatic N) is 2. The molecule has 4 aliphatic heterocycles. The number of benzene rings is 1. The summed E-state index contributed by atoms with van der Waals surface area (Å²) in [7, 11) is -1.05. The number of H-pyrrole nitrogens is 1. The first-order valence-electron chi connectivity index (χ1n) is 28.5. The summed E-state index contributed by atoms with van der Waals surface area (Å²) in [6.45, 7) is 2.20. The standard InChI is InChI=1S/C55H76N12O17S2/c1-5-26(2)45-52(80)59-19-41(72)60-36-25-86(83)54-32(31-10-11-39(84-4)33(47(31)65-54)24-85-15-14-57-48(76)29-8-6-28(7-9-29)21-67-43(74)12-13-44(67)75)17-34(49(77)58-20-42(73)63-45)61-53(81)46(27(3)38(70)23-68)64-51(79)37-16-30(69)22-66(37)55(82)35(18-40(56)71)62-50(36)78/h10-13,26-30,34-38,45-46,65,68-70H,5-9,14-25H2,1-4H3,(H2,56,71)(H,57,76)(H,58,77)(H,59,80)(H,60,72)(H,61,81)(H,62,78)(H,63,73)(H,64,79)/t26-,27-,28?,29?,30+,34-,35-,36-,37-,38-,45-,46-,86?/m0/s1. The number of imide groups is 1. The van der Waals surface area contributed by atoms with Gasteiger partial charge in [-0.3, -0.25) is 66.6 Å². The fourth-order valence-corrected chi connectivity index (χ4v) is 13.5. The maximum atomic E-state index is 15.3. The second-order valence-corrected chi connectivity index (χ2v) is 24.8. The molecule has 7 rings (SSSR count). The zero-order valence-corrected chi connectivity index (χ0v) is 49.7. The second kappa shape index (κ2) is 29.8. The third-order valence-electron chi connectivity index (χ3n) is 16.4. The van der Waals surface area contributed by atoms with Gasteiger partial charge in [0.05, 0.1) is 67.5 Å². The Balaban J connectivity index is 1.28. The van der Waals surface area contributed by atoms with Crippen LogP contribution in [0.1, 0.15) is 76.8 Å². The summed E-state index contributed by atoms with van der Waals surface area (Å²) in [5.74, 6) is -12.2. The number of carbonyl (C=O) groups is 12. The van der Waals surface area contributed by atoms with Crippen LogP contribution in [0.3, 0.4) is 0 Å². The van der Waals surface area contributed by atoms with Crippen molar-refractivity contribution in [1.82, 2.24) is 57.3 Å².